The van der Waals surface area contributed by atoms with Crippen molar-refractivity contribution < 1.29 is 9.18 Å². The number of amides is 1. The third-order valence-electron chi connectivity index (χ3n) is 5.61. The van der Waals surface area contributed by atoms with Gasteiger partial charge in [0, 0.05) is 30.7 Å². The van der Waals surface area contributed by atoms with E-state index in [0.29, 0.717) is 23.6 Å². The number of aromatic nitrogens is 3. The second kappa shape index (κ2) is 6.55. The molecule has 2 saturated heterocycles. The largest absolute Gasteiger partial charge is 0.338 e. The Morgan fingerprint density at radius 2 is 2.12 bits per heavy atom. The quantitative estimate of drug-likeness (QED) is 0.850. The van der Waals surface area contributed by atoms with Gasteiger partial charge in [-0.15, -0.1) is 0 Å². The molecule has 1 amide bonds. The molecular formula is C18H22FN5O. The summed E-state index contributed by atoms with van der Waals surface area (Å²) < 4.78 is 14.9. The molecule has 2 aromatic rings. The Morgan fingerprint density at radius 1 is 1.32 bits per heavy atom. The van der Waals surface area contributed by atoms with Crippen LogP contribution in [0.15, 0.2) is 36.9 Å². The van der Waals surface area contributed by atoms with Gasteiger partial charge in [-0.3, -0.25) is 14.4 Å². The predicted octanol–water partition coefficient (Wildman–Crippen LogP) is 1.65. The molecule has 132 valence electrons. The van der Waals surface area contributed by atoms with E-state index in [-0.39, 0.29) is 11.7 Å². The topological polar surface area (TPSA) is 54.3 Å². The van der Waals surface area contributed by atoms with Gasteiger partial charge in [-0.05, 0) is 50.1 Å². The lowest BCUT2D eigenvalue weighted by molar-refractivity contribution is 0.0607. The molecule has 25 heavy (non-hydrogen) atoms. The highest BCUT2D eigenvalue weighted by atomic mass is 19.1. The van der Waals surface area contributed by atoms with Crippen molar-refractivity contribution in [1.82, 2.24) is 24.6 Å². The molecule has 0 N–H and O–H groups in total. The number of benzene rings is 1. The molecule has 6 nitrogen and oxygen atoms in total. The number of hydrogen-bond donors (Lipinski definition) is 0. The minimum Gasteiger partial charge on any atom is -0.338 e. The number of halogens is 1. The minimum atomic E-state index is -0.316. The van der Waals surface area contributed by atoms with Gasteiger partial charge >= 0.3 is 0 Å². The van der Waals surface area contributed by atoms with Gasteiger partial charge in [0.05, 0.1) is 6.54 Å². The van der Waals surface area contributed by atoms with E-state index in [1.807, 2.05) is 9.58 Å². The molecule has 4 rings (SSSR count). The van der Waals surface area contributed by atoms with Crippen LogP contribution >= 0.6 is 0 Å². The summed E-state index contributed by atoms with van der Waals surface area (Å²) in [6, 6.07) is 6.74. The van der Waals surface area contributed by atoms with Crippen molar-refractivity contribution in [2.45, 2.75) is 31.5 Å². The van der Waals surface area contributed by atoms with Crippen LogP contribution in [-0.2, 0) is 6.54 Å². The molecule has 0 saturated carbocycles. The lowest BCUT2D eigenvalue weighted by atomic mass is 9.91. The van der Waals surface area contributed by atoms with E-state index in [1.54, 1.807) is 24.8 Å². The Balaban J connectivity index is 1.42. The smallest absolute Gasteiger partial charge is 0.253 e. The molecule has 2 fully saturated rings. The van der Waals surface area contributed by atoms with Crippen molar-refractivity contribution >= 4 is 5.91 Å². The second-order valence-corrected chi connectivity index (χ2v) is 7.05. The first kappa shape index (κ1) is 16.2. The number of nitrogens with zero attached hydrogens (tertiary/aromatic N) is 5. The molecule has 2 aliphatic rings. The van der Waals surface area contributed by atoms with E-state index < -0.39 is 0 Å². The molecule has 1 aromatic heterocycles. The van der Waals surface area contributed by atoms with Gasteiger partial charge < -0.3 is 4.90 Å². The number of fused-ring (bicyclic) bond motifs is 1. The summed E-state index contributed by atoms with van der Waals surface area (Å²) in [5.74, 6) is 0.154. The van der Waals surface area contributed by atoms with Crippen LogP contribution in [0.4, 0.5) is 4.39 Å². The van der Waals surface area contributed by atoms with Crippen molar-refractivity contribution in [3.8, 4) is 0 Å². The third-order valence-corrected chi connectivity index (χ3v) is 5.61. The lowest BCUT2D eigenvalue weighted by Gasteiger charge is -2.37. The molecule has 0 aliphatic carbocycles. The maximum Gasteiger partial charge on any atom is 0.253 e. The van der Waals surface area contributed by atoms with Gasteiger partial charge in [0.15, 0.2) is 0 Å². The molecular weight excluding hydrogens is 321 g/mol. The number of carbonyl (C=O) groups excluding carboxylic acids is 1. The molecule has 0 bridgehead atoms. The van der Waals surface area contributed by atoms with E-state index in [4.69, 9.17) is 0 Å². The Bertz CT molecular complexity index is 732. The van der Waals surface area contributed by atoms with Crippen LogP contribution in [0, 0.1) is 11.7 Å². The highest BCUT2D eigenvalue weighted by molar-refractivity contribution is 5.94. The molecule has 1 aromatic carbocycles. The van der Waals surface area contributed by atoms with Crippen molar-refractivity contribution in [1.29, 1.82) is 0 Å². The van der Waals surface area contributed by atoms with Crippen molar-refractivity contribution in [3.63, 3.8) is 0 Å². The fraction of sp³-hybridized carbons (Fsp3) is 0.500. The van der Waals surface area contributed by atoms with E-state index in [2.05, 4.69) is 22.0 Å². The Kier molecular flexibility index (Phi) is 4.25. The van der Waals surface area contributed by atoms with E-state index in [9.17, 15) is 9.18 Å². The van der Waals surface area contributed by atoms with Gasteiger partial charge in [-0.2, -0.15) is 5.10 Å². The number of likely N-dealkylation sites (N-methyl/N-ethyl adjacent to an activating group) is 1. The highest BCUT2D eigenvalue weighted by Gasteiger charge is 2.43. The number of piperidine rings is 1. The summed E-state index contributed by atoms with van der Waals surface area (Å²) in [5.41, 5.74) is 0.561. The number of likely N-dealkylation sites (tertiary alicyclic amines) is 2. The number of carbonyl (C=O) groups is 1. The predicted molar refractivity (Wildman–Crippen MR) is 90.4 cm³/mol. The summed E-state index contributed by atoms with van der Waals surface area (Å²) in [5, 5.41) is 4.21. The van der Waals surface area contributed by atoms with Gasteiger partial charge in [0.1, 0.15) is 18.5 Å². The summed E-state index contributed by atoms with van der Waals surface area (Å²) in [4.78, 5) is 21.0. The monoisotopic (exact) mass is 343 g/mol. The fourth-order valence-corrected chi connectivity index (χ4v) is 4.28. The standard InChI is InChI=1S/C18H22FN5O/c1-22-16(10-24-12-20-11-21-24)8-14-9-23(7-6-17(14)22)18(25)13-2-4-15(19)5-3-13/h2-5,11-12,14,16-17H,6-10H2,1H3/t14-,16+,17+/m1/s1. The zero-order valence-electron chi connectivity index (χ0n) is 14.3. The van der Waals surface area contributed by atoms with E-state index in [1.165, 1.54) is 12.1 Å². The Hall–Kier alpha value is -2.28. The van der Waals surface area contributed by atoms with Gasteiger partial charge in [0.2, 0.25) is 0 Å². The molecule has 3 heterocycles. The van der Waals surface area contributed by atoms with Crippen LogP contribution in [0.25, 0.3) is 0 Å². The van der Waals surface area contributed by atoms with Crippen molar-refractivity contribution in [2.75, 3.05) is 20.1 Å². The van der Waals surface area contributed by atoms with Gasteiger partial charge in [-0.25, -0.2) is 9.37 Å². The first-order valence-electron chi connectivity index (χ1n) is 8.71. The summed E-state index contributed by atoms with van der Waals surface area (Å²) in [6.07, 6.45) is 5.33. The number of hydrogen-bond acceptors (Lipinski definition) is 4. The van der Waals surface area contributed by atoms with Gasteiger partial charge in [0.25, 0.3) is 5.91 Å². The molecule has 7 heteroatoms. The zero-order valence-corrected chi connectivity index (χ0v) is 14.3. The van der Waals surface area contributed by atoms with E-state index in [0.717, 1.165) is 32.5 Å². The van der Waals surface area contributed by atoms with Crippen molar-refractivity contribution in [2.24, 2.45) is 5.92 Å². The minimum absolute atomic E-state index is 0.000768. The molecule has 2 aliphatic heterocycles. The highest BCUT2D eigenvalue weighted by Crippen LogP contribution is 2.35. The van der Waals surface area contributed by atoms with Crippen LogP contribution in [0.1, 0.15) is 23.2 Å². The van der Waals surface area contributed by atoms with E-state index >= 15 is 0 Å². The van der Waals surface area contributed by atoms with Crippen LogP contribution in [0.5, 0.6) is 0 Å². The summed E-state index contributed by atoms with van der Waals surface area (Å²) in [6.45, 7) is 2.34. The van der Waals surface area contributed by atoms with Crippen LogP contribution in [-0.4, -0.2) is 62.7 Å². The second-order valence-electron chi connectivity index (χ2n) is 7.05. The molecule has 0 unspecified atom stereocenters. The lowest BCUT2D eigenvalue weighted by Crippen LogP contribution is -2.47. The third kappa shape index (κ3) is 3.16. The fourth-order valence-electron chi connectivity index (χ4n) is 4.28. The first-order valence-corrected chi connectivity index (χ1v) is 8.71. The molecule has 3 atom stereocenters. The first-order chi connectivity index (χ1) is 12.1. The Labute approximate surface area is 146 Å². The number of rotatable bonds is 3. The maximum absolute atomic E-state index is 13.1. The molecule has 0 radical (unpaired) electrons. The van der Waals surface area contributed by atoms with Gasteiger partial charge in [-0.1, -0.05) is 0 Å². The molecule has 0 spiro atoms. The SMILES string of the molecule is CN1[C@H](Cn2cncn2)C[C@@H]2CN(C(=O)c3ccc(F)cc3)CC[C@@H]21. The van der Waals surface area contributed by atoms with Crippen LogP contribution in [0.3, 0.4) is 0 Å². The summed E-state index contributed by atoms with van der Waals surface area (Å²) >= 11 is 0. The average molecular weight is 343 g/mol. The zero-order chi connectivity index (χ0) is 17.4. The van der Waals surface area contributed by atoms with Crippen LogP contribution < -0.4 is 0 Å². The summed E-state index contributed by atoms with van der Waals surface area (Å²) in [7, 11) is 2.17. The Morgan fingerprint density at radius 3 is 2.84 bits per heavy atom. The van der Waals surface area contributed by atoms with Crippen molar-refractivity contribution in [3.05, 3.63) is 48.3 Å². The van der Waals surface area contributed by atoms with Crippen LogP contribution in [0.2, 0.25) is 0 Å². The normalized spacial score (nSPS) is 26.6. The maximum atomic E-state index is 13.1. The average Bonchev–Trinajstić information content (AvgIpc) is 3.24.